The Hall–Kier alpha value is -3.20. The number of benzene rings is 2. The van der Waals surface area contributed by atoms with Crippen LogP contribution in [-0.2, 0) is 37.2 Å². The maximum atomic E-state index is 13.9. The van der Waals surface area contributed by atoms with Crippen LogP contribution in [0.1, 0.15) is 42.0 Å². The Bertz CT molecular complexity index is 1460. The number of carbonyl (C=O) groups excluding carboxylic acids is 2. The van der Waals surface area contributed by atoms with Crippen molar-refractivity contribution in [1.29, 1.82) is 0 Å². The van der Waals surface area contributed by atoms with Crippen molar-refractivity contribution < 1.29 is 48.7 Å². The number of alkyl halides is 6. The molecule has 0 aliphatic carbocycles. The summed E-state index contributed by atoms with van der Waals surface area (Å²) in [5, 5.41) is 0. The average Bonchev–Trinajstić information content (AvgIpc) is 3.38. The van der Waals surface area contributed by atoms with Crippen molar-refractivity contribution in [2.45, 2.75) is 43.6 Å². The summed E-state index contributed by atoms with van der Waals surface area (Å²) in [5.74, 6) is -2.37. The molecule has 2 saturated heterocycles. The van der Waals surface area contributed by atoms with Crippen LogP contribution < -0.4 is 0 Å². The van der Waals surface area contributed by atoms with Gasteiger partial charge in [-0.3, -0.25) is 14.5 Å². The molecule has 2 aliphatic rings. The molecule has 15 heteroatoms. The van der Waals surface area contributed by atoms with Gasteiger partial charge in [-0.15, -0.1) is 0 Å². The number of hydrogen-bond donors (Lipinski definition) is 0. The van der Waals surface area contributed by atoms with Crippen molar-refractivity contribution in [3.63, 3.8) is 0 Å². The molecule has 2 amide bonds. The minimum Gasteiger partial charge on any atom is -0.340 e. The normalized spacial score (nSPS) is 21.4. The predicted octanol–water partition coefficient (Wildman–Crippen LogP) is 4.32. The largest absolute Gasteiger partial charge is 0.416 e. The van der Waals surface area contributed by atoms with Gasteiger partial charge in [-0.05, 0) is 55.3 Å². The van der Waals surface area contributed by atoms with Crippen molar-refractivity contribution >= 4 is 21.7 Å². The number of sulfone groups is 1. The van der Waals surface area contributed by atoms with E-state index in [1.54, 1.807) is 4.90 Å². The van der Waals surface area contributed by atoms with Crippen LogP contribution in [0.4, 0.5) is 30.7 Å². The third kappa shape index (κ3) is 7.36. The van der Waals surface area contributed by atoms with E-state index in [-0.39, 0.29) is 56.2 Å². The van der Waals surface area contributed by atoms with Crippen LogP contribution in [0.3, 0.4) is 0 Å². The first-order valence-corrected chi connectivity index (χ1v) is 15.5. The summed E-state index contributed by atoms with van der Waals surface area (Å²) in [4.78, 5) is 31.6. The molecule has 0 bridgehead atoms. The molecule has 0 radical (unpaired) electrons. The van der Waals surface area contributed by atoms with Crippen LogP contribution in [0.5, 0.6) is 0 Å². The first kappa shape index (κ1) is 33.7. The van der Waals surface area contributed by atoms with Crippen LogP contribution in [0.15, 0.2) is 42.5 Å². The third-order valence-electron chi connectivity index (χ3n) is 8.40. The quantitative estimate of drug-likeness (QED) is 0.435. The highest BCUT2D eigenvalue weighted by Gasteiger charge is 2.45. The predicted molar refractivity (Wildman–Crippen MR) is 147 cm³/mol. The number of amides is 2. The molecule has 2 heterocycles. The van der Waals surface area contributed by atoms with Gasteiger partial charge < -0.3 is 9.80 Å². The third-order valence-corrected chi connectivity index (χ3v) is 10.0. The summed E-state index contributed by atoms with van der Waals surface area (Å²) in [7, 11) is -1.81. The van der Waals surface area contributed by atoms with Crippen LogP contribution in [0.2, 0.25) is 0 Å². The van der Waals surface area contributed by atoms with E-state index >= 15 is 0 Å². The number of carbonyl (C=O) groups is 2. The number of nitrogens with zero attached hydrogens (tertiary/aromatic N) is 3. The van der Waals surface area contributed by atoms with Crippen molar-refractivity contribution in [2.75, 3.05) is 51.3 Å². The SMILES string of the molecule is CN(C(=O)C(C)(C)c1cc(C(F)(F)F)cc(C(F)(F)F)c1)[C@@H]1CN(C(=O)CN2CCS(=O)(=O)CC2)CC1c1ccc(F)cc1. The standard InChI is InChI=1S/C29H32F7N3O4S/c1-27(2,19-12-20(28(31,32)33)14-21(13-19)29(34,35)36)26(41)37(3)24-16-39(15-23(24)18-4-6-22(30)7-5-18)25(40)17-38-8-10-44(42,43)11-9-38/h4-7,12-14,23-24H,8-11,15-17H2,1-3H3/t23?,24-/m1/s1. The molecular formula is C29H32F7N3O4S. The Kier molecular flexibility index (Phi) is 9.15. The lowest BCUT2D eigenvalue weighted by Crippen LogP contribution is -2.50. The number of likely N-dealkylation sites (tertiary alicyclic amines) is 1. The Labute approximate surface area is 250 Å². The van der Waals surface area contributed by atoms with E-state index in [0.29, 0.717) is 17.7 Å². The fraction of sp³-hybridized carbons (Fsp3) is 0.517. The fourth-order valence-electron chi connectivity index (χ4n) is 5.65. The molecule has 0 spiro atoms. The molecule has 2 atom stereocenters. The average molecular weight is 652 g/mol. The van der Waals surface area contributed by atoms with Gasteiger partial charge in [0.15, 0.2) is 9.84 Å². The summed E-state index contributed by atoms with van der Waals surface area (Å²) in [6.45, 7) is 2.83. The lowest BCUT2D eigenvalue weighted by molar-refractivity contribution is -0.144. The molecule has 2 fully saturated rings. The molecule has 242 valence electrons. The highest BCUT2D eigenvalue weighted by atomic mass is 32.2. The topological polar surface area (TPSA) is 78.0 Å². The zero-order chi connectivity index (χ0) is 32.8. The molecule has 0 N–H and O–H groups in total. The summed E-state index contributed by atoms with van der Waals surface area (Å²) in [6.07, 6.45) is -10.2. The van der Waals surface area contributed by atoms with Crippen molar-refractivity contribution in [3.8, 4) is 0 Å². The van der Waals surface area contributed by atoms with E-state index in [9.17, 15) is 48.7 Å². The summed E-state index contributed by atoms with van der Waals surface area (Å²) in [5.41, 5.74) is -4.84. The van der Waals surface area contributed by atoms with Gasteiger partial charge in [0.2, 0.25) is 11.8 Å². The van der Waals surface area contributed by atoms with Crippen LogP contribution in [-0.4, -0.2) is 92.3 Å². The van der Waals surface area contributed by atoms with Gasteiger partial charge >= 0.3 is 12.4 Å². The molecule has 2 aromatic rings. The molecule has 7 nitrogen and oxygen atoms in total. The van der Waals surface area contributed by atoms with Crippen LogP contribution in [0.25, 0.3) is 0 Å². The monoisotopic (exact) mass is 651 g/mol. The molecule has 2 aliphatic heterocycles. The van der Waals surface area contributed by atoms with Gasteiger partial charge in [-0.25, -0.2) is 12.8 Å². The van der Waals surface area contributed by atoms with Gasteiger partial charge in [-0.2, -0.15) is 26.3 Å². The van der Waals surface area contributed by atoms with E-state index in [1.165, 1.54) is 55.0 Å². The molecule has 2 aromatic carbocycles. The molecule has 4 rings (SSSR count). The maximum Gasteiger partial charge on any atom is 0.416 e. The van der Waals surface area contributed by atoms with Crippen molar-refractivity contribution in [1.82, 2.24) is 14.7 Å². The Morgan fingerprint density at radius 3 is 1.86 bits per heavy atom. The van der Waals surface area contributed by atoms with Crippen LogP contribution in [0, 0.1) is 5.82 Å². The van der Waals surface area contributed by atoms with Crippen molar-refractivity contribution in [2.24, 2.45) is 0 Å². The summed E-state index contributed by atoms with van der Waals surface area (Å²) < 4.78 is 119. The highest BCUT2D eigenvalue weighted by Crippen LogP contribution is 2.40. The second kappa shape index (κ2) is 12.0. The van der Waals surface area contributed by atoms with E-state index in [2.05, 4.69) is 0 Å². The van der Waals surface area contributed by atoms with Gasteiger partial charge in [0.1, 0.15) is 5.82 Å². The second-order valence-electron chi connectivity index (χ2n) is 11.8. The molecule has 44 heavy (non-hydrogen) atoms. The number of likely N-dealkylation sites (N-methyl/N-ethyl adjacent to an activating group) is 1. The smallest absolute Gasteiger partial charge is 0.340 e. The van der Waals surface area contributed by atoms with Crippen molar-refractivity contribution in [3.05, 3.63) is 70.5 Å². The maximum absolute atomic E-state index is 13.9. The summed E-state index contributed by atoms with van der Waals surface area (Å²) in [6, 6.07) is 5.69. The van der Waals surface area contributed by atoms with E-state index < -0.39 is 68.0 Å². The molecular weight excluding hydrogens is 619 g/mol. The lowest BCUT2D eigenvalue weighted by atomic mass is 9.80. The number of rotatable bonds is 6. The number of halogens is 7. The molecule has 0 aromatic heterocycles. The Morgan fingerprint density at radius 2 is 1.36 bits per heavy atom. The van der Waals surface area contributed by atoms with E-state index in [1.807, 2.05) is 0 Å². The van der Waals surface area contributed by atoms with Gasteiger partial charge in [0.05, 0.1) is 40.6 Å². The van der Waals surface area contributed by atoms with Gasteiger partial charge in [-0.1, -0.05) is 12.1 Å². The van der Waals surface area contributed by atoms with Gasteiger partial charge in [0.25, 0.3) is 0 Å². The lowest BCUT2D eigenvalue weighted by Gasteiger charge is -2.36. The van der Waals surface area contributed by atoms with E-state index in [4.69, 9.17) is 0 Å². The molecule has 1 unspecified atom stereocenters. The number of hydrogen-bond acceptors (Lipinski definition) is 5. The Morgan fingerprint density at radius 1 is 0.864 bits per heavy atom. The van der Waals surface area contributed by atoms with E-state index in [0.717, 1.165) is 0 Å². The minimum absolute atomic E-state index is 0.00342. The highest BCUT2D eigenvalue weighted by molar-refractivity contribution is 7.91. The van der Waals surface area contributed by atoms with Crippen LogP contribution >= 0.6 is 0 Å². The zero-order valence-corrected chi connectivity index (χ0v) is 25.0. The second-order valence-corrected chi connectivity index (χ2v) is 14.1. The minimum atomic E-state index is -5.10. The fourth-order valence-corrected chi connectivity index (χ4v) is 6.93. The summed E-state index contributed by atoms with van der Waals surface area (Å²) >= 11 is 0. The van der Waals surface area contributed by atoms with Gasteiger partial charge in [0, 0.05) is 39.1 Å². The first-order chi connectivity index (χ1) is 20.2. The zero-order valence-electron chi connectivity index (χ0n) is 24.2. The Balaban J connectivity index is 1.63. The first-order valence-electron chi connectivity index (χ1n) is 13.7. The molecule has 0 saturated carbocycles.